The van der Waals surface area contributed by atoms with E-state index in [1.807, 2.05) is 0 Å². The zero-order chi connectivity index (χ0) is 15.6. The molecule has 0 saturated heterocycles. The molecular formula is C13H10N2O5S. The number of aromatic nitrogens is 1. The summed E-state index contributed by atoms with van der Waals surface area (Å²) < 4.78 is 31.5. The third-order valence-electron chi connectivity index (χ3n) is 2.74. The van der Waals surface area contributed by atoms with Crippen molar-refractivity contribution < 1.29 is 18.1 Å². The van der Waals surface area contributed by atoms with Gasteiger partial charge < -0.3 is 5.11 Å². The number of nitriles is 1. The van der Waals surface area contributed by atoms with Crippen LogP contribution in [-0.2, 0) is 15.9 Å². The lowest BCUT2D eigenvalue weighted by Gasteiger charge is -2.11. The molecule has 0 amide bonds. The Morgan fingerprint density at radius 2 is 1.86 bits per heavy atom. The van der Waals surface area contributed by atoms with Crippen molar-refractivity contribution in [2.45, 2.75) is 5.75 Å². The van der Waals surface area contributed by atoms with Crippen molar-refractivity contribution in [3.63, 3.8) is 0 Å². The van der Waals surface area contributed by atoms with Crippen molar-refractivity contribution in [1.82, 2.24) is 4.57 Å². The van der Waals surface area contributed by atoms with Crippen LogP contribution in [0.25, 0.3) is 5.69 Å². The van der Waals surface area contributed by atoms with Crippen LogP contribution in [0.2, 0.25) is 0 Å². The van der Waals surface area contributed by atoms with Crippen LogP contribution in [0.4, 0.5) is 0 Å². The van der Waals surface area contributed by atoms with E-state index in [1.54, 1.807) is 36.4 Å². The average molecular weight is 306 g/mol. The molecule has 21 heavy (non-hydrogen) atoms. The molecule has 1 heterocycles. The monoisotopic (exact) mass is 306 g/mol. The van der Waals surface area contributed by atoms with E-state index in [-0.39, 0.29) is 11.1 Å². The lowest BCUT2D eigenvalue weighted by molar-refractivity contribution is 0.432. The van der Waals surface area contributed by atoms with Crippen LogP contribution in [-0.4, -0.2) is 22.6 Å². The molecule has 2 aromatic rings. The standard InChI is InChI=1S/C13H10N2O5S/c14-7-11-9(8-21(18,19)20)6-12(16)15(13(11)17)10-4-2-1-3-5-10/h1-6,17H,8H2,(H,18,19,20). The molecule has 0 saturated carbocycles. The molecule has 8 heteroatoms. The number of benzene rings is 1. The second-order valence-corrected chi connectivity index (χ2v) is 5.67. The van der Waals surface area contributed by atoms with Crippen LogP contribution in [0, 0.1) is 11.3 Å². The molecular weight excluding hydrogens is 296 g/mol. The zero-order valence-corrected chi connectivity index (χ0v) is 11.4. The summed E-state index contributed by atoms with van der Waals surface area (Å²) in [5.41, 5.74) is -1.02. The van der Waals surface area contributed by atoms with Crippen LogP contribution in [0.5, 0.6) is 5.88 Å². The van der Waals surface area contributed by atoms with Crippen LogP contribution < -0.4 is 5.56 Å². The summed E-state index contributed by atoms with van der Waals surface area (Å²) in [5, 5.41) is 19.1. The van der Waals surface area contributed by atoms with Crippen molar-refractivity contribution in [3.8, 4) is 17.6 Å². The van der Waals surface area contributed by atoms with E-state index in [0.29, 0.717) is 5.69 Å². The topological polar surface area (TPSA) is 120 Å². The third kappa shape index (κ3) is 3.10. The van der Waals surface area contributed by atoms with Crippen molar-refractivity contribution in [2.24, 2.45) is 0 Å². The molecule has 0 unspecified atom stereocenters. The Balaban J connectivity index is 2.74. The highest BCUT2D eigenvalue weighted by Crippen LogP contribution is 2.23. The first kappa shape index (κ1) is 14.8. The zero-order valence-electron chi connectivity index (χ0n) is 10.6. The Kier molecular flexibility index (Phi) is 3.80. The second kappa shape index (κ2) is 5.40. The van der Waals surface area contributed by atoms with Gasteiger partial charge in [0.25, 0.3) is 15.7 Å². The Morgan fingerprint density at radius 1 is 1.24 bits per heavy atom. The van der Waals surface area contributed by atoms with Crippen molar-refractivity contribution >= 4 is 10.1 Å². The molecule has 0 atom stereocenters. The van der Waals surface area contributed by atoms with Crippen LogP contribution >= 0.6 is 0 Å². The fourth-order valence-electron chi connectivity index (χ4n) is 1.90. The Labute approximate surface area is 120 Å². The third-order valence-corrected chi connectivity index (χ3v) is 3.41. The first-order valence-corrected chi connectivity index (χ1v) is 7.33. The Bertz CT molecular complexity index is 879. The normalized spacial score (nSPS) is 11.0. The molecule has 108 valence electrons. The minimum atomic E-state index is -4.43. The number of pyridine rings is 1. The Hall–Kier alpha value is -2.63. The van der Waals surface area contributed by atoms with Gasteiger partial charge in [0.1, 0.15) is 17.4 Å². The number of para-hydroxylation sites is 1. The second-order valence-electron chi connectivity index (χ2n) is 4.22. The molecule has 2 N–H and O–H groups in total. The smallest absolute Gasteiger partial charge is 0.269 e. The predicted molar refractivity (Wildman–Crippen MR) is 73.7 cm³/mol. The van der Waals surface area contributed by atoms with Crippen molar-refractivity contribution in [1.29, 1.82) is 5.26 Å². The molecule has 2 rings (SSSR count). The molecule has 0 aliphatic carbocycles. The highest BCUT2D eigenvalue weighted by atomic mass is 32.2. The van der Waals surface area contributed by atoms with Crippen LogP contribution in [0.1, 0.15) is 11.1 Å². The molecule has 0 fully saturated rings. The quantitative estimate of drug-likeness (QED) is 0.809. The summed E-state index contributed by atoms with van der Waals surface area (Å²) in [6, 6.07) is 10.6. The summed E-state index contributed by atoms with van der Waals surface area (Å²) in [4.78, 5) is 12.0. The van der Waals surface area contributed by atoms with E-state index in [4.69, 9.17) is 9.81 Å². The van der Waals surface area contributed by atoms with E-state index in [9.17, 15) is 18.3 Å². The minimum Gasteiger partial charge on any atom is -0.493 e. The van der Waals surface area contributed by atoms with Gasteiger partial charge in [0.2, 0.25) is 5.88 Å². The van der Waals surface area contributed by atoms with Gasteiger partial charge in [-0.05, 0) is 17.7 Å². The fourth-order valence-corrected chi connectivity index (χ4v) is 2.52. The SMILES string of the molecule is N#Cc1c(CS(=O)(=O)O)cc(=O)n(-c2ccccc2)c1O. The summed E-state index contributed by atoms with van der Waals surface area (Å²) in [6.45, 7) is 0. The maximum absolute atomic E-state index is 12.0. The highest BCUT2D eigenvalue weighted by molar-refractivity contribution is 7.85. The van der Waals surface area contributed by atoms with Gasteiger partial charge in [0.05, 0.1) is 5.69 Å². The number of rotatable bonds is 3. The summed E-state index contributed by atoms with van der Waals surface area (Å²) in [7, 11) is -4.43. The van der Waals surface area contributed by atoms with Gasteiger partial charge in [0.15, 0.2) is 0 Å². The van der Waals surface area contributed by atoms with Gasteiger partial charge in [-0.2, -0.15) is 13.7 Å². The minimum absolute atomic E-state index is 0.255. The highest BCUT2D eigenvalue weighted by Gasteiger charge is 2.19. The molecule has 1 aromatic carbocycles. The summed E-state index contributed by atoms with van der Waals surface area (Å²) in [5.74, 6) is -1.59. The lowest BCUT2D eigenvalue weighted by atomic mass is 10.1. The fraction of sp³-hybridized carbons (Fsp3) is 0.0769. The molecule has 0 aliphatic heterocycles. The van der Waals surface area contributed by atoms with E-state index in [2.05, 4.69) is 0 Å². The van der Waals surface area contributed by atoms with E-state index >= 15 is 0 Å². The maximum atomic E-state index is 12.0. The summed E-state index contributed by atoms with van der Waals surface area (Å²) in [6.07, 6.45) is 0. The molecule has 1 aromatic heterocycles. The molecule has 7 nitrogen and oxygen atoms in total. The molecule has 0 radical (unpaired) electrons. The van der Waals surface area contributed by atoms with Gasteiger partial charge in [-0.25, -0.2) is 4.57 Å². The number of hydrogen-bond donors (Lipinski definition) is 2. The van der Waals surface area contributed by atoms with Crippen molar-refractivity contribution in [3.05, 3.63) is 57.9 Å². The lowest BCUT2D eigenvalue weighted by Crippen LogP contribution is -2.20. The average Bonchev–Trinajstić information content (AvgIpc) is 2.38. The Morgan fingerprint density at radius 3 is 2.38 bits per heavy atom. The van der Waals surface area contributed by atoms with Gasteiger partial charge in [-0.3, -0.25) is 9.35 Å². The van der Waals surface area contributed by atoms with Crippen molar-refractivity contribution in [2.75, 3.05) is 0 Å². The van der Waals surface area contributed by atoms with Gasteiger partial charge in [-0.15, -0.1) is 0 Å². The molecule has 0 spiro atoms. The van der Waals surface area contributed by atoms with E-state index < -0.39 is 27.3 Å². The number of aromatic hydroxyl groups is 1. The first-order valence-electron chi connectivity index (χ1n) is 5.72. The van der Waals surface area contributed by atoms with E-state index in [1.165, 1.54) is 0 Å². The molecule has 0 bridgehead atoms. The largest absolute Gasteiger partial charge is 0.493 e. The van der Waals surface area contributed by atoms with Crippen LogP contribution in [0.15, 0.2) is 41.2 Å². The summed E-state index contributed by atoms with van der Waals surface area (Å²) >= 11 is 0. The van der Waals surface area contributed by atoms with Gasteiger partial charge >= 0.3 is 0 Å². The van der Waals surface area contributed by atoms with Gasteiger partial charge in [0, 0.05) is 6.07 Å². The maximum Gasteiger partial charge on any atom is 0.269 e. The predicted octanol–water partition coefficient (Wildman–Crippen LogP) is 0.803. The number of hydrogen-bond acceptors (Lipinski definition) is 5. The number of nitrogens with zero attached hydrogens (tertiary/aromatic N) is 2. The van der Waals surface area contributed by atoms with Gasteiger partial charge in [-0.1, -0.05) is 18.2 Å². The molecule has 0 aliphatic rings. The first-order chi connectivity index (χ1) is 9.83. The van der Waals surface area contributed by atoms with Crippen LogP contribution in [0.3, 0.4) is 0 Å². The van der Waals surface area contributed by atoms with E-state index in [0.717, 1.165) is 10.6 Å².